The number of rotatable bonds is 4. The van der Waals surface area contributed by atoms with Crippen molar-refractivity contribution in [1.29, 1.82) is 0 Å². The van der Waals surface area contributed by atoms with Gasteiger partial charge in [-0.1, -0.05) is 12.1 Å². The molecule has 168 valence electrons. The van der Waals surface area contributed by atoms with Crippen LogP contribution in [0.2, 0.25) is 0 Å². The van der Waals surface area contributed by atoms with E-state index in [0.717, 1.165) is 28.0 Å². The van der Waals surface area contributed by atoms with Crippen LogP contribution in [0.1, 0.15) is 44.3 Å². The van der Waals surface area contributed by atoms with Crippen LogP contribution in [-0.2, 0) is 0 Å². The lowest BCUT2D eigenvalue weighted by molar-refractivity contribution is 0.0959. The standard InChI is InChI=1S/C28H24N4O2/c1-16-14-19(15-17(2)28(16)34-22-11-9-21(30)10-12-22)24-26-23(4-3-13-31-26)27(33)25(32-24)18-5-7-20(29)8-6-18/h3-15,25H,29-30H2,1-2H3. The Morgan fingerprint density at radius 2 is 1.47 bits per heavy atom. The maximum Gasteiger partial charge on any atom is 0.194 e. The second-order valence-electron chi connectivity index (χ2n) is 8.42. The summed E-state index contributed by atoms with van der Waals surface area (Å²) in [6, 6.07) is 21.5. The van der Waals surface area contributed by atoms with Crippen molar-refractivity contribution in [1.82, 2.24) is 4.98 Å². The Morgan fingerprint density at radius 1 is 0.853 bits per heavy atom. The van der Waals surface area contributed by atoms with E-state index in [0.29, 0.717) is 34.1 Å². The zero-order valence-corrected chi connectivity index (χ0v) is 18.9. The fourth-order valence-electron chi connectivity index (χ4n) is 4.21. The maximum atomic E-state index is 13.3. The van der Waals surface area contributed by atoms with Crippen molar-refractivity contribution >= 4 is 22.9 Å². The Bertz CT molecular complexity index is 1400. The molecule has 5 rings (SSSR count). The summed E-state index contributed by atoms with van der Waals surface area (Å²) in [5.41, 5.74) is 18.4. The highest BCUT2D eigenvalue weighted by Gasteiger charge is 2.32. The molecule has 3 aromatic carbocycles. The summed E-state index contributed by atoms with van der Waals surface area (Å²) < 4.78 is 6.15. The van der Waals surface area contributed by atoms with Crippen molar-refractivity contribution in [3.63, 3.8) is 0 Å². The number of nitrogen functional groups attached to an aromatic ring is 2. The zero-order chi connectivity index (χ0) is 23.8. The molecular formula is C28H24N4O2. The van der Waals surface area contributed by atoms with Crippen molar-refractivity contribution in [3.05, 3.63) is 113 Å². The molecule has 0 saturated carbocycles. The molecule has 0 bridgehead atoms. The highest BCUT2D eigenvalue weighted by molar-refractivity contribution is 6.21. The first-order chi connectivity index (χ1) is 16.4. The number of ketones is 1. The van der Waals surface area contributed by atoms with Gasteiger partial charge in [0.2, 0.25) is 0 Å². The summed E-state index contributed by atoms with van der Waals surface area (Å²) in [4.78, 5) is 22.7. The van der Waals surface area contributed by atoms with Gasteiger partial charge in [-0.05, 0) is 91.2 Å². The second-order valence-corrected chi connectivity index (χ2v) is 8.42. The lowest BCUT2D eigenvalue weighted by Gasteiger charge is -2.23. The Morgan fingerprint density at radius 3 is 2.12 bits per heavy atom. The SMILES string of the molecule is Cc1cc(C2=NC(c3ccc(N)cc3)C(=O)c3cccnc32)cc(C)c1Oc1ccc(N)cc1. The minimum absolute atomic E-state index is 0.0756. The zero-order valence-electron chi connectivity index (χ0n) is 18.9. The smallest absolute Gasteiger partial charge is 0.194 e. The number of carbonyl (C=O) groups excluding carboxylic acids is 1. The van der Waals surface area contributed by atoms with E-state index >= 15 is 0 Å². The third kappa shape index (κ3) is 3.90. The molecule has 0 fully saturated rings. The van der Waals surface area contributed by atoms with Crippen molar-refractivity contribution in [2.24, 2.45) is 4.99 Å². The molecule has 1 aliphatic rings. The van der Waals surface area contributed by atoms with Gasteiger partial charge in [0.25, 0.3) is 0 Å². The van der Waals surface area contributed by atoms with Gasteiger partial charge in [0.15, 0.2) is 5.78 Å². The molecule has 0 spiro atoms. The third-order valence-corrected chi connectivity index (χ3v) is 5.89. The van der Waals surface area contributed by atoms with Crippen LogP contribution >= 0.6 is 0 Å². The van der Waals surface area contributed by atoms with E-state index in [1.54, 1.807) is 24.4 Å². The van der Waals surface area contributed by atoms with Crippen molar-refractivity contribution in [2.45, 2.75) is 19.9 Å². The number of ether oxygens (including phenoxy) is 1. The molecule has 0 radical (unpaired) electrons. The monoisotopic (exact) mass is 448 g/mol. The van der Waals surface area contributed by atoms with E-state index in [-0.39, 0.29) is 5.78 Å². The van der Waals surface area contributed by atoms with Crippen molar-refractivity contribution < 1.29 is 9.53 Å². The van der Waals surface area contributed by atoms with Gasteiger partial charge >= 0.3 is 0 Å². The predicted octanol–water partition coefficient (Wildman–Crippen LogP) is 5.43. The minimum Gasteiger partial charge on any atom is -0.457 e. The molecule has 0 saturated heterocycles. The van der Waals surface area contributed by atoms with Gasteiger partial charge in [-0.3, -0.25) is 14.8 Å². The summed E-state index contributed by atoms with van der Waals surface area (Å²) in [6.07, 6.45) is 1.68. The van der Waals surface area contributed by atoms with Crippen LogP contribution in [-0.4, -0.2) is 16.5 Å². The van der Waals surface area contributed by atoms with Crippen LogP contribution in [0.5, 0.6) is 11.5 Å². The number of pyridine rings is 1. The Kier molecular flexibility index (Phi) is 5.34. The number of nitrogens with two attached hydrogens (primary N) is 2. The summed E-state index contributed by atoms with van der Waals surface area (Å²) in [5, 5.41) is 0. The van der Waals surface area contributed by atoms with E-state index in [9.17, 15) is 4.79 Å². The van der Waals surface area contributed by atoms with Gasteiger partial charge in [-0.2, -0.15) is 0 Å². The molecule has 6 heteroatoms. The van der Waals surface area contributed by atoms with Gasteiger partial charge in [-0.25, -0.2) is 0 Å². The molecule has 34 heavy (non-hydrogen) atoms. The Labute approximate surface area is 197 Å². The molecule has 1 aromatic heterocycles. The highest BCUT2D eigenvalue weighted by Crippen LogP contribution is 2.35. The highest BCUT2D eigenvalue weighted by atomic mass is 16.5. The number of aromatic nitrogens is 1. The van der Waals surface area contributed by atoms with Crippen LogP contribution in [0.15, 0.2) is 84.0 Å². The molecular weight excluding hydrogens is 424 g/mol. The van der Waals surface area contributed by atoms with Crippen molar-refractivity contribution in [3.8, 4) is 11.5 Å². The average Bonchev–Trinajstić information content (AvgIpc) is 2.83. The number of hydrogen-bond acceptors (Lipinski definition) is 6. The number of benzene rings is 3. The summed E-state index contributed by atoms with van der Waals surface area (Å²) in [5.74, 6) is 1.41. The summed E-state index contributed by atoms with van der Waals surface area (Å²) in [7, 11) is 0. The fraction of sp³-hybridized carbons (Fsp3) is 0.107. The molecule has 4 aromatic rings. The predicted molar refractivity (Wildman–Crippen MR) is 135 cm³/mol. The van der Waals surface area contributed by atoms with E-state index in [1.165, 1.54) is 0 Å². The topological polar surface area (TPSA) is 104 Å². The van der Waals surface area contributed by atoms with Crippen molar-refractivity contribution in [2.75, 3.05) is 11.5 Å². The summed E-state index contributed by atoms with van der Waals surface area (Å²) in [6.45, 7) is 3.99. The Hall–Kier alpha value is -4.45. The first-order valence-electron chi connectivity index (χ1n) is 11.0. The number of aliphatic imine (C=N–C) groups is 1. The molecule has 1 atom stereocenters. The number of nitrogens with zero attached hydrogens (tertiary/aromatic N) is 2. The van der Waals surface area contributed by atoms with Crippen LogP contribution < -0.4 is 16.2 Å². The largest absolute Gasteiger partial charge is 0.457 e. The number of fused-ring (bicyclic) bond motifs is 1. The second kappa shape index (κ2) is 8.48. The number of hydrogen-bond donors (Lipinski definition) is 2. The minimum atomic E-state index is -0.654. The van der Waals surface area contributed by atoms with E-state index in [1.807, 2.05) is 68.4 Å². The van der Waals surface area contributed by atoms with Crippen LogP contribution in [0.4, 0.5) is 11.4 Å². The normalized spacial score (nSPS) is 14.9. The van der Waals surface area contributed by atoms with Crippen LogP contribution in [0.3, 0.4) is 0 Å². The van der Waals surface area contributed by atoms with E-state index < -0.39 is 6.04 Å². The number of Topliss-reactive ketones (excluding diaryl/α,β-unsaturated/α-hetero) is 1. The molecule has 4 N–H and O–H groups in total. The quantitative estimate of drug-likeness (QED) is 0.405. The number of aryl methyl sites for hydroxylation is 2. The molecule has 1 aliphatic heterocycles. The molecule has 1 unspecified atom stereocenters. The molecule has 0 amide bonds. The lowest BCUT2D eigenvalue weighted by atomic mass is 9.89. The maximum absolute atomic E-state index is 13.3. The van der Waals surface area contributed by atoms with E-state index in [2.05, 4.69) is 4.98 Å². The molecule has 0 aliphatic carbocycles. The third-order valence-electron chi connectivity index (χ3n) is 5.89. The number of anilines is 2. The van der Waals surface area contributed by atoms with Gasteiger partial charge in [0, 0.05) is 28.7 Å². The number of carbonyl (C=O) groups is 1. The molecule has 6 nitrogen and oxygen atoms in total. The Balaban J connectivity index is 1.59. The first kappa shape index (κ1) is 21.4. The fourth-order valence-corrected chi connectivity index (χ4v) is 4.21. The summed E-state index contributed by atoms with van der Waals surface area (Å²) >= 11 is 0. The first-order valence-corrected chi connectivity index (χ1v) is 11.0. The van der Waals surface area contributed by atoms with Crippen LogP contribution in [0, 0.1) is 13.8 Å². The van der Waals surface area contributed by atoms with E-state index in [4.69, 9.17) is 21.2 Å². The van der Waals surface area contributed by atoms with Gasteiger partial charge in [0.05, 0.1) is 11.4 Å². The van der Waals surface area contributed by atoms with Gasteiger partial charge in [-0.15, -0.1) is 0 Å². The average molecular weight is 449 g/mol. The van der Waals surface area contributed by atoms with Gasteiger partial charge in [0.1, 0.15) is 17.5 Å². The lowest BCUT2D eigenvalue weighted by Crippen LogP contribution is -2.24. The van der Waals surface area contributed by atoms with Gasteiger partial charge < -0.3 is 16.2 Å². The molecule has 2 heterocycles. The van der Waals surface area contributed by atoms with Crippen LogP contribution in [0.25, 0.3) is 0 Å².